The zero-order valence-electron chi connectivity index (χ0n) is 18.0. The minimum absolute atomic E-state index is 0.0678. The van der Waals surface area contributed by atoms with Crippen molar-refractivity contribution in [1.29, 1.82) is 0 Å². The van der Waals surface area contributed by atoms with Gasteiger partial charge in [-0.05, 0) is 24.3 Å². The van der Waals surface area contributed by atoms with Crippen molar-refractivity contribution in [2.75, 3.05) is 11.9 Å². The van der Waals surface area contributed by atoms with E-state index in [0.29, 0.717) is 12.8 Å². The number of aromatic nitrogens is 2. The van der Waals surface area contributed by atoms with Crippen LogP contribution in [0.1, 0.15) is 30.8 Å². The van der Waals surface area contributed by atoms with Gasteiger partial charge in [0, 0.05) is 19.2 Å². The van der Waals surface area contributed by atoms with Crippen LogP contribution < -0.4 is 16.0 Å². The van der Waals surface area contributed by atoms with Gasteiger partial charge >= 0.3 is 6.18 Å². The minimum atomic E-state index is -4.63. The third kappa shape index (κ3) is 7.41. The van der Waals surface area contributed by atoms with E-state index in [2.05, 4.69) is 15.5 Å². The molecule has 3 N–H and O–H groups in total. The fourth-order valence-electron chi connectivity index (χ4n) is 2.64. The number of likely N-dealkylation sites (N-methyl/N-ethyl adjacent to an activating group) is 1. The van der Waals surface area contributed by atoms with Crippen molar-refractivity contribution in [2.24, 2.45) is 11.7 Å². The van der Waals surface area contributed by atoms with Gasteiger partial charge in [-0.15, -0.1) is 10.2 Å². The van der Waals surface area contributed by atoms with E-state index in [1.54, 1.807) is 0 Å². The second-order valence-corrected chi connectivity index (χ2v) is 8.51. The first-order valence-corrected chi connectivity index (χ1v) is 10.8. The van der Waals surface area contributed by atoms with Crippen LogP contribution in [0.2, 0.25) is 0 Å². The molecule has 174 valence electrons. The Morgan fingerprint density at radius 1 is 1.22 bits per heavy atom. The van der Waals surface area contributed by atoms with Crippen molar-refractivity contribution in [1.82, 2.24) is 15.5 Å². The number of nitrogens with two attached hydrogens (primary N) is 1. The zero-order chi connectivity index (χ0) is 23.9. The van der Waals surface area contributed by atoms with Crippen LogP contribution in [-0.4, -0.2) is 41.1 Å². The van der Waals surface area contributed by atoms with Gasteiger partial charge < -0.3 is 11.1 Å². The summed E-state index contributed by atoms with van der Waals surface area (Å²) in [5.74, 6) is -1.01. The number of aryl methyl sites for hydroxylation is 1. The SMILES string of the molecule is CC(C)C(N)C(=O)N[C@H](/C=C/C(=O)N(C)c1nnc(C(F)(F)F)s1)CCc1ccccc1. The summed E-state index contributed by atoms with van der Waals surface area (Å²) in [5.41, 5.74) is 6.98. The average molecular weight is 470 g/mol. The highest BCUT2D eigenvalue weighted by Crippen LogP contribution is 2.34. The molecule has 0 aliphatic heterocycles. The summed E-state index contributed by atoms with van der Waals surface area (Å²) in [6.07, 6.45) is -0.769. The predicted molar refractivity (Wildman–Crippen MR) is 117 cm³/mol. The highest BCUT2D eigenvalue weighted by Gasteiger charge is 2.36. The number of rotatable bonds is 9. The molecule has 0 fully saturated rings. The number of amides is 2. The smallest absolute Gasteiger partial charge is 0.349 e. The molecule has 1 aromatic heterocycles. The number of nitrogens with one attached hydrogen (secondary N) is 1. The van der Waals surface area contributed by atoms with Crippen molar-refractivity contribution in [3.63, 3.8) is 0 Å². The molecule has 32 heavy (non-hydrogen) atoms. The third-order valence-corrected chi connectivity index (χ3v) is 5.73. The molecule has 2 atom stereocenters. The van der Waals surface area contributed by atoms with Crippen LogP contribution in [0.5, 0.6) is 0 Å². The lowest BCUT2D eigenvalue weighted by molar-refractivity contribution is -0.138. The summed E-state index contributed by atoms with van der Waals surface area (Å²) in [4.78, 5) is 25.9. The lowest BCUT2D eigenvalue weighted by atomic mass is 10.0. The molecular formula is C21H26F3N5O2S. The van der Waals surface area contributed by atoms with Crippen LogP contribution in [-0.2, 0) is 22.2 Å². The van der Waals surface area contributed by atoms with Crippen LogP contribution in [0, 0.1) is 5.92 Å². The van der Waals surface area contributed by atoms with Crippen LogP contribution >= 0.6 is 11.3 Å². The van der Waals surface area contributed by atoms with E-state index in [1.165, 1.54) is 19.2 Å². The molecule has 0 spiro atoms. The normalized spacial score (nSPS) is 13.9. The average Bonchev–Trinajstić information content (AvgIpc) is 3.25. The predicted octanol–water partition coefficient (Wildman–Crippen LogP) is 3.18. The van der Waals surface area contributed by atoms with Crippen molar-refractivity contribution in [3.05, 3.63) is 53.1 Å². The molecule has 0 radical (unpaired) electrons. The first-order chi connectivity index (χ1) is 15.0. The van der Waals surface area contributed by atoms with Gasteiger partial charge in [0.2, 0.25) is 16.0 Å². The zero-order valence-corrected chi connectivity index (χ0v) is 18.8. The topological polar surface area (TPSA) is 101 Å². The quantitative estimate of drug-likeness (QED) is 0.550. The van der Waals surface area contributed by atoms with E-state index in [1.807, 2.05) is 44.2 Å². The van der Waals surface area contributed by atoms with Gasteiger partial charge in [-0.1, -0.05) is 61.6 Å². The van der Waals surface area contributed by atoms with E-state index in [0.717, 1.165) is 10.5 Å². The van der Waals surface area contributed by atoms with E-state index >= 15 is 0 Å². The highest BCUT2D eigenvalue weighted by molar-refractivity contribution is 7.15. The molecule has 0 saturated heterocycles. The van der Waals surface area contributed by atoms with E-state index in [-0.39, 0.29) is 28.3 Å². The molecule has 0 bridgehead atoms. The fourth-order valence-corrected chi connectivity index (χ4v) is 3.31. The third-order valence-electron chi connectivity index (χ3n) is 4.68. The van der Waals surface area contributed by atoms with Crippen molar-refractivity contribution in [2.45, 2.75) is 44.9 Å². The Hall–Kier alpha value is -2.79. The van der Waals surface area contributed by atoms with Gasteiger partial charge in [0.05, 0.1) is 6.04 Å². The molecular weight excluding hydrogens is 443 g/mol. The van der Waals surface area contributed by atoms with E-state index in [4.69, 9.17) is 5.73 Å². The van der Waals surface area contributed by atoms with Gasteiger partial charge in [0.1, 0.15) is 0 Å². The molecule has 7 nitrogen and oxygen atoms in total. The number of halogens is 3. The summed E-state index contributed by atoms with van der Waals surface area (Å²) in [5, 5.41) is 8.03. The maximum Gasteiger partial charge on any atom is 0.445 e. The van der Waals surface area contributed by atoms with Gasteiger partial charge in [-0.2, -0.15) is 13.2 Å². The standard InChI is InChI=1S/C21H26F3N5O2S/c1-13(2)17(25)18(31)26-15(10-9-14-7-5-4-6-8-14)11-12-16(30)29(3)20-28-27-19(32-20)21(22,23)24/h4-8,11-13,15,17H,9-10,25H2,1-3H3,(H,26,31)/b12-11+/t15-,17?/m0/s1. The highest BCUT2D eigenvalue weighted by atomic mass is 32.1. The van der Waals surface area contributed by atoms with Crippen molar-refractivity contribution >= 4 is 28.3 Å². The molecule has 11 heteroatoms. The maximum absolute atomic E-state index is 12.7. The molecule has 2 amide bonds. The summed E-state index contributed by atoms with van der Waals surface area (Å²) in [6, 6.07) is 8.42. The number of anilines is 1. The first-order valence-electron chi connectivity index (χ1n) is 9.95. The van der Waals surface area contributed by atoms with Gasteiger partial charge in [-0.25, -0.2) is 0 Å². The maximum atomic E-state index is 12.7. The Morgan fingerprint density at radius 3 is 2.44 bits per heavy atom. The van der Waals surface area contributed by atoms with E-state index in [9.17, 15) is 22.8 Å². The monoisotopic (exact) mass is 469 g/mol. The molecule has 0 aliphatic rings. The number of nitrogens with zero attached hydrogens (tertiary/aromatic N) is 3. The van der Waals surface area contributed by atoms with Crippen LogP contribution in [0.25, 0.3) is 0 Å². The summed E-state index contributed by atoms with van der Waals surface area (Å²) in [6.45, 7) is 3.66. The Labute approximate surface area is 188 Å². The Bertz CT molecular complexity index is 931. The summed E-state index contributed by atoms with van der Waals surface area (Å²) in [7, 11) is 1.31. The molecule has 1 heterocycles. The van der Waals surface area contributed by atoms with Gasteiger partial charge in [-0.3, -0.25) is 14.5 Å². The Morgan fingerprint density at radius 2 is 1.88 bits per heavy atom. The van der Waals surface area contributed by atoms with Crippen molar-refractivity contribution in [3.8, 4) is 0 Å². The lowest BCUT2D eigenvalue weighted by Crippen LogP contribution is -2.47. The number of hydrogen-bond acceptors (Lipinski definition) is 6. The molecule has 2 rings (SSSR count). The van der Waals surface area contributed by atoms with Gasteiger partial charge in [0.15, 0.2) is 0 Å². The summed E-state index contributed by atoms with van der Waals surface area (Å²) >= 11 is 0.274. The Balaban J connectivity index is 2.10. The van der Waals surface area contributed by atoms with Crippen LogP contribution in [0.15, 0.2) is 42.5 Å². The molecule has 2 aromatic rings. The summed E-state index contributed by atoms with van der Waals surface area (Å²) < 4.78 is 38.2. The van der Waals surface area contributed by atoms with Crippen molar-refractivity contribution < 1.29 is 22.8 Å². The largest absolute Gasteiger partial charge is 0.445 e. The molecule has 1 aromatic carbocycles. The number of benzene rings is 1. The first kappa shape index (κ1) is 25.5. The minimum Gasteiger partial charge on any atom is -0.349 e. The van der Waals surface area contributed by atoms with Gasteiger partial charge in [0.25, 0.3) is 5.91 Å². The fraction of sp³-hybridized carbons (Fsp3) is 0.429. The molecule has 1 unspecified atom stereocenters. The van der Waals surface area contributed by atoms with E-state index < -0.39 is 29.2 Å². The second kappa shape index (κ2) is 11.2. The molecule has 0 saturated carbocycles. The number of hydrogen-bond donors (Lipinski definition) is 2. The Kier molecular flexibility index (Phi) is 8.90. The number of carbonyl (C=O) groups is 2. The number of alkyl halides is 3. The lowest BCUT2D eigenvalue weighted by Gasteiger charge is -2.20. The molecule has 0 aliphatic carbocycles. The van der Waals surface area contributed by atoms with Crippen LogP contribution in [0.4, 0.5) is 18.3 Å². The second-order valence-electron chi connectivity index (χ2n) is 7.55. The van der Waals surface area contributed by atoms with Crippen LogP contribution in [0.3, 0.4) is 0 Å². The number of carbonyl (C=O) groups excluding carboxylic acids is 2.